The van der Waals surface area contributed by atoms with E-state index in [9.17, 15) is 19.7 Å². The maximum Gasteiger partial charge on any atom is 0.272 e. The van der Waals surface area contributed by atoms with Crippen LogP contribution in [0.2, 0.25) is 0 Å². The Morgan fingerprint density at radius 3 is 2.03 bits per heavy atom. The summed E-state index contributed by atoms with van der Waals surface area (Å²) in [4.78, 5) is 36.1. The van der Waals surface area contributed by atoms with E-state index >= 15 is 0 Å². The first kappa shape index (κ1) is 19.3. The van der Waals surface area contributed by atoms with Crippen LogP contribution < -0.4 is 11.1 Å². The van der Waals surface area contributed by atoms with Crippen LogP contribution in [0.3, 0.4) is 0 Å². The Morgan fingerprint density at radius 1 is 0.933 bits per heavy atom. The summed E-state index contributed by atoms with van der Waals surface area (Å²) in [6.45, 7) is 0. The van der Waals surface area contributed by atoms with E-state index in [1.54, 1.807) is 18.2 Å². The van der Waals surface area contributed by atoms with E-state index in [0.29, 0.717) is 5.56 Å². The van der Waals surface area contributed by atoms with E-state index in [4.69, 9.17) is 5.73 Å². The Morgan fingerprint density at radius 2 is 1.47 bits per heavy atom. The zero-order valence-electron chi connectivity index (χ0n) is 15.9. The first-order valence-corrected chi connectivity index (χ1v) is 9.47. The Balaban J connectivity index is 1.64. The third kappa shape index (κ3) is 3.41. The van der Waals surface area contributed by atoms with Gasteiger partial charge in [0.25, 0.3) is 5.69 Å². The van der Waals surface area contributed by atoms with Crippen LogP contribution >= 0.6 is 0 Å². The molecule has 0 aliphatic heterocycles. The summed E-state index contributed by atoms with van der Waals surface area (Å²) in [6.07, 6.45) is -0.0613. The molecule has 3 N–H and O–H groups in total. The van der Waals surface area contributed by atoms with Gasteiger partial charge in [0.15, 0.2) is 0 Å². The minimum atomic E-state index is -1.07. The number of amides is 2. The van der Waals surface area contributed by atoms with Gasteiger partial charge in [-0.1, -0.05) is 66.7 Å². The predicted octanol–water partition coefficient (Wildman–Crippen LogP) is 2.92. The van der Waals surface area contributed by atoms with Crippen molar-refractivity contribution in [2.75, 3.05) is 0 Å². The van der Waals surface area contributed by atoms with Crippen LogP contribution in [-0.4, -0.2) is 22.8 Å². The number of carbonyl (C=O) groups excluding carboxylic acids is 2. The Hall–Kier alpha value is -4.00. The third-order valence-corrected chi connectivity index (χ3v) is 5.37. The van der Waals surface area contributed by atoms with Crippen LogP contribution in [0.4, 0.5) is 5.69 Å². The molecule has 0 aromatic heterocycles. The number of nitrogens with two attached hydrogens (primary N) is 1. The zero-order valence-corrected chi connectivity index (χ0v) is 15.9. The second-order valence-electron chi connectivity index (χ2n) is 7.16. The number of carbonyl (C=O) groups is 2. The zero-order chi connectivity index (χ0) is 21.3. The maximum atomic E-state index is 13.2. The largest absolute Gasteiger partial charge is 0.368 e. The molecule has 0 radical (unpaired) electrons. The molecular weight excluding hydrogens is 382 g/mol. The van der Waals surface area contributed by atoms with Gasteiger partial charge in [-0.2, -0.15) is 0 Å². The van der Waals surface area contributed by atoms with Crippen molar-refractivity contribution in [1.82, 2.24) is 5.32 Å². The number of nitrogens with one attached hydrogen (secondary N) is 1. The fraction of sp³-hybridized carbons (Fsp3) is 0.130. The summed E-state index contributed by atoms with van der Waals surface area (Å²) in [5.74, 6) is -1.69. The molecule has 7 nitrogen and oxygen atoms in total. The number of rotatable bonds is 6. The first-order chi connectivity index (χ1) is 14.5. The lowest BCUT2D eigenvalue weighted by atomic mass is 9.95. The molecule has 0 heterocycles. The molecule has 3 aromatic carbocycles. The highest BCUT2D eigenvalue weighted by atomic mass is 16.6. The van der Waals surface area contributed by atoms with Gasteiger partial charge in [0.2, 0.25) is 11.8 Å². The van der Waals surface area contributed by atoms with Gasteiger partial charge >= 0.3 is 0 Å². The Bertz CT molecular complexity index is 1110. The van der Waals surface area contributed by atoms with Crippen molar-refractivity contribution in [1.29, 1.82) is 0 Å². The van der Waals surface area contributed by atoms with Crippen LogP contribution in [0.1, 0.15) is 22.6 Å². The summed E-state index contributed by atoms with van der Waals surface area (Å²) in [6, 6.07) is 20.3. The molecule has 30 heavy (non-hydrogen) atoms. The van der Waals surface area contributed by atoms with Gasteiger partial charge in [-0.05, 0) is 22.3 Å². The van der Waals surface area contributed by atoms with Gasteiger partial charge in [-0.25, -0.2) is 0 Å². The molecule has 1 atom stereocenters. The second-order valence-corrected chi connectivity index (χ2v) is 7.16. The number of para-hydroxylation sites is 1. The van der Waals surface area contributed by atoms with Gasteiger partial charge in [-0.3, -0.25) is 19.7 Å². The second kappa shape index (κ2) is 7.79. The van der Waals surface area contributed by atoms with Crippen LogP contribution in [0, 0.1) is 10.1 Å². The highest BCUT2D eigenvalue weighted by molar-refractivity contribution is 5.98. The quantitative estimate of drug-likeness (QED) is 0.488. The van der Waals surface area contributed by atoms with Gasteiger partial charge in [0, 0.05) is 18.1 Å². The highest BCUT2D eigenvalue weighted by Crippen LogP contribution is 2.44. The number of nitrogens with zero attached hydrogens (tertiary/aromatic N) is 1. The predicted molar refractivity (Wildman–Crippen MR) is 112 cm³/mol. The SMILES string of the molecule is NC(=O)[C@@H](Cc1ccccc1[N+](=O)[O-])NC(=O)C1c2ccccc2-c2ccccc21. The van der Waals surface area contributed by atoms with Crippen molar-refractivity contribution < 1.29 is 14.5 Å². The molecule has 150 valence electrons. The number of primary amides is 1. The van der Waals surface area contributed by atoms with E-state index in [-0.39, 0.29) is 18.0 Å². The molecule has 0 saturated carbocycles. The van der Waals surface area contributed by atoms with E-state index in [1.807, 2.05) is 48.5 Å². The number of nitro groups is 1. The van der Waals surface area contributed by atoms with E-state index in [1.165, 1.54) is 6.07 Å². The van der Waals surface area contributed by atoms with Crippen molar-refractivity contribution in [3.8, 4) is 11.1 Å². The normalized spacial score (nSPS) is 13.2. The molecule has 1 aliphatic rings. The van der Waals surface area contributed by atoms with Crippen molar-refractivity contribution in [3.63, 3.8) is 0 Å². The van der Waals surface area contributed by atoms with E-state index < -0.39 is 22.8 Å². The standard InChI is InChI=1S/C23H19N3O4/c24-22(27)19(13-14-7-1-6-12-20(14)26(29)30)25-23(28)21-17-10-4-2-8-15(17)16-9-3-5-11-18(16)21/h1-12,19,21H,13H2,(H2,24,27)(H,25,28)/t19-/m1/s1. The van der Waals surface area contributed by atoms with Crippen LogP contribution in [0.25, 0.3) is 11.1 Å². The summed E-state index contributed by atoms with van der Waals surface area (Å²) in [7, 11) is 0. The summed E-state index contributed by atoms with van der Waals surface area (Å²) in [5, 5.41) is 14.0. The fourth-order valence-corrected chi connectivity index (χ4v) is 4.00. The minimum Gasteiger partial charge on any atom is -0.368 e. The Kier molecular flexibility index (Phi) is 5.02. The van der Waals surface area contributed by atoms with Gasteiger partial charge in [0.05, 0.1) is 10.8 Å². The average molecular weight is 401 g/mol. The molecule has 0 fully saturated rings. The molecule has 0 spiro atoms. The Labute approximate surface area is 172 Å². The maximum absolute atomic E-state index is 13.2. The van der Waals surface area contributed by atoms with Crippen LogP contribution in [0.15, 0.2) is 72.8 Å². The monoisotopic (exact) mass is 401 g/mol. The first-order valence-electron chi connectivity index (χ1n) is 9.47. The van der Waals surface area contributed by atoms with Crippen LogP contribution in [-0.2, 0) is 16.0 Å². The van der Waals surface area contributed by atoms with E-state index in [0.717, 1.165) is 22.3 Å². The molecular formula is C23H19N3O4. The number of hydrogen-bond acceptors (Lipinski definition) is 4. The smallest absolute Gasteiger partial charge is 0.272 e. The fourth-order valence-electron chi connectivity index (χ4n) is 4.00. The van der Waals surface area contributed by atoms with Crippen molar-refractivity contribution in [2.45, 2.75) is 18.4 Å². The molecule has 0 bridgehead atoms. The van der Waals surface area contributed by atoms with E-state index in [2.05, 4.69) is 5.32 Å². The number of nitro benzene ring substituents is 1. The number of fused-ring (bicyclic) bond motifs is 3. The van der Waals surface area contributed by atoms with Crippen molar-refractivity contribution in [3.05, 3.63) is 99.6 Å². The van der Waals surface area contributed by atoms with Gasteiger partial charge in [0.1, 0.15) is 6.04 Å². The van der Waals surface area contributed by atoms with Crippen LogP contribution in [0.5, 0.6) is 0 Å². The third-order valence-electron chi connectivity index (χ3n) is 5.37. The molecule has 4 rings (SSSR count). The van der Waals surface area contributed by atoms with Gasteiger partial charge < -0.3 is 11.1 Å². The van der Waals surface area contributed by atoms with Crippen molar-refractivity contribution >= 4 is 17.5 Å². The lowest BCUT2D eigenvalue weighted by molar-refractivity contribution is -0.385. The van der Waals surface area contributed by atoms with Gasteiger partial charge in [-0.15, -0.1) is 0 Å². The topological polar surface area (TPSA) is 115 Å². The molecule has 1 aliphatic carbocycles. The molecule has 7 heteroatoms. The molecule has 0 saturated heterocycles. The lowest BCUT2D eigenvalue weighted by Gasteiger charge is -2.20. The molecule has 0 unspecified atom stereocenters. The highest BCUT2D eigenvalue weighted by Gasteiger charge is 2.35. The molecule has 2 amide bonds. The average Bonchev–Trinajstić information content (AvgIpc) is 3.08. The summed E-state index contributed by atoms with van der Waals surface area (Å²) in [5.41, 5.74) is 9.39. The lowest BCUT2D eigenvalue weighted by Crippen LogP contribution is -2.47. The number of hydrogen-bond donors (Lipinski definition) is 2. The number of benzene rings is 3. The minimum absolute atomic E-state index is 0.0613. The molecule has 3 aromatic rings. The summed E-state index contributed by atoms with van der Waals surface area (Å²) < 4.78 is 0. The van der Waals surface area contributed by atoms with Crippen molar-refractivity contribution in [2.24, 2.45) is 5.73 Å². The summed E-state index contributed by atoms with van der Waals surface area (Å²) >= 11 is 0.